The lowest BCUT2D eigenvalue weighted by Gasteiger charge is -2.26. The molecule has 0 N–H and O–H groups in total. The summed E-state index contributed by atoms with van der Waals surface area (Å²) < 4.78 is 2.05. The number of likely N-dealkylation sites (tertiary alicyclic amines) is 1. The maximum absolute atomic E-state index is 4.39. The van der Waals surface area contributed by atoms with Gasteiger partial charge in [0.05, 0.1) is 12.2 Å². The molecule has 0 amide bonds. The number of hydrogen-bond acceptors (Lipinski definition) is 2. The van der Waals surface area contributed by atoms with Gasteiger partial charge in [0.15, 0.2) is 0 Å². The molecule has 2 heterocycles. The van der Waals surface area contributed by atoms with Gasteiger partial charge in [-0.15, -0.1) is 0 Å². The summed E-state index contributed by atoms with van der Waals surface area (Å²) in [5, 5.41) is 4.39. The summed E-state index contributed by atoms with van der Waals surface area (Å²) in [6.07, 6.45) is 6.23. The average molecular weight is 193 g/mol. The molecule has 0 bridgehead atoms. The molecule has 14 heavy (non-hydrogen) atoms. The lowest BCUT2D eigenvalue weighted by Crippen LogP contribution is -2.32. The minimum absolute atomic E-state index is 1.04. The van der Waals surface area contributed by atoms with E-state index in [1.165, 1.54) is 32.4 Å². The van der Waals surface area contributed by atoms with Crippen LogP contribution >= 0.6 is 0 Å². The van der Waals surface area contributed by atoms with Crippen LogP contribution in [0.2, 0.25) is 0 Å². The quantitative estimate of drug-likeness (QED) is 0.728. The van der Waals surface area contributed by atoms with Crippen molar-refractivity contribution in [3.05, 3.63) is 18.0 Å². The maximum Gasteiger partial charge on any atom is 0.0593 e. The average Bonchev–Trinajstić information content (AvgIpc) is 2.63. The summed E-state index contributed by atoms with van der Waals surface area (Å²) in [6.45, 7) is 6.78. The van der Waals surface area contributed by atoms with Gasteiger partial charge in [-0.3, -0.25) is 4.68 Å². The van der Waals surface area contributed by atoms with Crippen molar-refractivity contribution in [2.45, 2.75) is 32.7 Å². The van der Waals surface area contributed by atoms with E-state index in [1.54, 1.807) is 0 Å². The molecule has 78 valence electrons. The molecule has 1 aliphatic heterocycles. The Labute approximate surface area is 85.7 Å². The Bertz CT molecular complexity index is 274. The van der Waals surface area contributed by atoms with Gasteiger partial charge in [0, 0.05) is 12.7 Å². The molecule has 0 spiro atoms. The largest absolute Gasteiger partial charge is 0.301 e. The molecule has 0 aliphatic carbocycles. The third kappa shape index (κ3) is 2.58. The van der Waals surface area contributed by atoms with Crippen LogP contribution < -0.4 is 0 Å². The summed E-state index contributed by atoms with van der Waals surface area (Å²) in [7, 11) is 0. The minimum Gasteiger partial charge on any atom is -0.301 e. The predicted octanol–water partition coefficient (Wildman–Crippen LogP) is 1.68. The molecule has 0 radical (unpaired) electrons. The van der Waals surface area contributed by atoms with Crippen LogP contribution in [-0.4, -0.2) is 34.3 Å². The van der Waals surface area contributed by atoms with Crippen LogP contribution in [0.1, 0.15) is 25.0 Å². The molecule has 1 saturated heterocycles. The first-order chi connectivity index (χ1) is 6.84. The maximum atomic E-state index is 4.39. The van der Waals surface area contributed by atoms with E-state index in [9.17, 15) is 0 Å². The normalized spacial score (nSPS) is 18.6. The smallest absolute Gasteiger partial charge is 0.0593 e. The molecule has 0 saturated carbocycles. The summed E-state index contributed by atoms with van der Waals surface area (Å²) in [6, 6.07) is 2.07. The fraction of sp³-hybridized carbons (Fsp3) is 0.727. The van der Waals surface area contributed by atoms with Gasteiger partial charge < -0.3 is 4.90 Å². The van der Waals surface area contributed by atoms with Gasteiger partial charge in [-0.05, 0) is 38.9 Å². The SMILES string of the molecule is Cc1ccn(CCN2CCCCC2)n1. The Morgan fingerprint density at radius 2 is 2.00 bits per heavy atom. The van der Waals surface area contributed by atoms with Crippen molar-refractivity contribution < 1.29 is 0 Å². The van der Waals surface area contributed by atoms with E-state index in [0.717, 1.165) is 18.8 Å². The van der Waals surface area contributed by atoms with Gasteiger partial charge in [0.25, 0.3) is 0 Å². The standard InChI is InChI=1S/C11H19N3/c1-11-5-8-14(12-11)10-9-13-6-3-2-4-7-13/h5,8H,2-4,6-7,9-10H2,1H3. The van der Waals surface area contributed by atoms with Crippen molar-refractivity contribution in [3.8, 4) is 0 Å². The van der Waals surface area contributed by atoms with Crippen molar-refractivity contribution in [1.29, 1.82) is 0 Å². The highest BCUT2D eigenvalue weighted by Gasteiger charge is 2.09. The Balaban J connectivity index is 1.76. The summed E-state index contributed by atoms with van der Waals surface area (Å²) in [4.78, 5) is 2.54. The highest BCUT2D eigenvalue weighted by molar-refractivity contribution is 4.94. The number of nitrogens with zero attached hydrogens (tertiary/aromatic N) is 3. The minimum atomic E-state index is 1.04. The molecule has 1 aromatic heterocycles. The van der Waals surface area contributed by atoms with Crippen LogP contribution in [0, 0.1) is 6.92 Å². The molecule has 0 aromatic carbocycles. The van der Waals surface area contributed by atoms with Crippen LogP contribution in [0.3, 0.4) is 0 Å². The lowest BCUT2D eigenvalue weighted by atomic mass is 10.1. The Morgan fingerprint density at radius 3 is 2.64 bits per heavy atom. The van der Waals surface area contributed by atoms with Gasteiger partial charge in [-0.1, -0.05) is 6.42 Å². The molecule has 0 atom stereocenters. The van der Waals surface area contributed by atoms with Gasteiger partial charge >= 0.3 is 0 Å². The summed E-state index contributed by atoms with van der Waals surface area (Å²) in [5.74, 6) is 0. The molecule has 3 nitrogen and oxygen atoms in total. The zero-order chi connectivity index (χ0) is 9.80. The Hall–Kier alpha value is -0.830. The molecule has 1 aromatic rings. The van der Waals surface area contributed by atoms with Gasteiger partial charge in [-0.2, -0.15) is 5.10 Å². The van der Waals surface area contributed by atoms with E-state index in [0.29, 0.717) is 0 Å². The Kier molecular flexibility index (Phi) is 3.19. The molecule has 3 heteroatoms. The highest BCUT2D eigenvalue weighted by Crippen LogP contribution is 2.08. The third-order valence-corrected chi connectivity index (χ3v) is 2.87. The first kappa shape index (κ1) is 9.71. The fourth-order valence-electron chi connectivity index (χ4n) is 2.01. The van der Waals surface area contributed by atoms with Crippen LogP contribution in [0.15, 0.2) is 12.3 Å². The summed E-state index contributed by atoms with van der Waals surface area (Å²) in [5.41, 5.74) is 1.11. The van der Waals surface area contributed by atoms with Crippen molar-refractivity contribution >= 4 is 0 Å². The zero-order valence-corrected chi connectivity index (χ0v) is 8.95. The van der Waals surface area contributed by atoms with Crippen molar-refractivity contribution in [1.82, 2.24) is 14.7 Å². The van der Waals surface area contributed by atoms with E-state index in [4.69, 9.17) is 0 Å². The second kappa shape index (κ2) is 4.60. The van der Waals surface area contributed by atoms with E-state index in [-0.39, 0.29) is 0 Å². The number of hydrogen-bond donors (Lipinski definition) is 0. The molecule has 2 rings (SSSR count). The van der Waals surface area contributed by atoms with Crippen LogP contribution in [0.5, 0.6) is 0 Å². The molecule has 1 fully saturated rings. The lowest BCUT2D eigenvalue weighted by molar-refractivity contribution is 0.218. The molecular weight excluding hydrogens is 174 g/mol. The van der Waals surface area contributed by atoms with E-state index in [1.807, 2.05) is 11.6 Å². The first-order valence-electron chi connectivity index (χ1n) is 5.57. The highest BCUT2D eigenvalue weighted by atomic mass is 15.3. The second-order valence-corrected chi connectivity index (χ2v) is 4.12. The van der Waals surface area contributed by atoms with Gasteiger partial charge in [0.2, 0.25) is 0 Å². The van der Waals surface area contributed by atoms with Crippen LogP contribution in [0.4, 0.5) is 0 Å². The second-order valence-electron chi connectivity index (χ2n) is 4.12. The third-order valence-electron chi connectivity index (χ3n) is 2.87. The van der Waals surface area contributed by atoms with Crippen molar-refractivity contribution in [3.63, 3.8) is 0 Å². The van der Waals surface area contributed by atoms with Gasteiger partial charge in [0.1, 0.15) is 0 Å². The number of rotatable bonds is 3. The predicted molar refractivity (Wildman–Crippen MR) is 57.3 cm³/mol. The monoisotopic (exact) mass is 193 g/mol. The number of piperidine rings is 1. The van der Waals surface area contributed by atoms with E-state index >= 15 is 0 Å². The van der Waals surface area contributed by atoms with Crippen LogP contribution in [-0.2, 0) is 6.54 Å². The zero-order valence-electron chi connectivity index (χ0n) is 8.95. The Morgan fingerprint density at radius 1 is 1.21 bits per heavy atom. The van der Waals surface area contributed by atoms with Gasteiger partial charge in [-0.25, -0.2) is 0 Å². The molecular formula is C11H19N3. The fourth-order valence-corrected chi connectivity index (χ4v) is 2.01. The van der Waals surface area contributed by atoms with Crippen molar-refractivity contribution in [2.75, 3.05) is 19.6 Å². The van der Waals surface area contributed by atoms with Crippen LogP contribution in [0.25, 0.3) is 0 Å². The number of aromatic nitrogens is 2. The molecule has 0 unspecified atom stereocenters. The topological polar surface area (TPSA) is 21.1 Å². The summed E-state index contributed by atoms with van der Waals surface area (Å²) >= 11 is 0. The first-order valence-corrected chi connectivity index (χ1v) is 5.57. The van der Waals surface area contributed by atoms with E-state index in [2.05, 4.69) is 22.3 Å². The van der Waals surface area contributed by atoms with Crippen molar-refractivity contribution in [2.24, 2.45) is 0 Å². The van der Waals surface area contributed by atoms with E-state index < -0.39 is 0 Å². The molecule has 1 aliphatic rings. The number of aryl methyl sites for hydroxylation is 1.